The van der Waals surface area contributed by atoms with E-state index in [0.29, 0.717) is 5.92 Å². The second-order valence-corrected chi connectivity index (χ2v) is 6.78. The van der Waals surface area contributed by atoms with Crippen LogP contribution in [0.5, 0.6) is 0 Å². The lowest BCUT2D eigenvalue weighted by Gasteiger charge is -2.30. The monoisotopic (exact) mass is 278 g/mol. The van der Waals surface area contributed by atoms with Crippen LogP contribution in [-0.2, 0) is 0 Å². The molecule has 0 saturated carbocycles. The summed E-state index contributed by atoms with van der Waals surface area (Å²) in [5.74, 6) is 0.958. The van der Waals surface area contributed by atoms with Crippen molar-refractivity contribution < 1.29 is 4.39 Å². The number of hydrogen-bond acceptors (Lipinski definition) is 2. The highest BCUT2D eigenvalue weighted by molar-refractivity contribution is 5.20. The van der Waals surface area contributed by atoms with Gasteiger partial charge in [-0.1, -0.05) is 19.1 Å². The molecule has 1 saturated heterocycles. The molecule has 1 aliphatic rings. The van der Waals surface area contributed by atoms with Gasteiger partial charge >= 0.3 is 0 Å². The summed E-state index contributed by atoms with van der Waals surface area (Å²) in [4.78, 5) is 0. The van der Waals surface area contributed by atoms with Gasteiger partial charge in [0.05, 0.1) is 0 Å². The van der Waals surface area contributed by atoms with Gasteiger partial charge in [0.2, 0.25) is 0 Å². The smallest absolute Gasteiger partial charge is 0.123 e. The molecule has 0 amide bonds. The molecular weight excluding hydrogens is 251 g/mol. The van der Waals surface area contributed by atoms with Crippen LogP contribution >= 0.6 is 0 Å². The first-order valence-corrected chi connectivity index (χ1v) is 7.67. The van der Waals surface area contributed by atoms with Crippen LogP contribution in [0.3, 0.4) is 0 Å². The standard InChI is InChI=1S/C17H27FN2/c1-13(15-5-4-6-16(18)9-15)11-20-17(2,3)10-14-7-8-19-12-14/h4-6,9,13-14,19-20H,7-8,10-12H2,1-3H3/t13-,14-/m0/s1. The van der Waals surface area contributed by atoms with Gasteiger partial charge in [-0.2, -0.15) is 0 Å². The molecule has 2 rings (SSSR count). The zero-order valence-electron chi connectivity index (χ0n) is 12.9. The summed E-state index contributed by atoms with van der Waals surface area (Å²) >= 11 is 0. The fourth-order valence-corrected chi connectivity index (χ4v) is 3.04. The largest absolute Gasteiger partial charge is 0.316 e. The van der Waals surface area contributed by atoms with Crippen molar-refractivity contribution >= 4 is 0 Å². The molecule has 1 aromatic rings. The molecular formula is C17H27FN2. The van der Waals surface area contributed by atoms with Gasteiger partial charge in [0.15, 0.2) is 0 Å². The molecule has 112 valence electrons. The number of halogens is 1. The van der Waals surface area contributed by atoms with Crippen LogP contribution in [0.4, 0.5) is 4.39 Å². The van der Waals surface area contributed by atoms with E-state index in [0.717, 1.165) is 31.1 Å². The van der Waals surface area contributed by atoms with Crippen molar-refractivity contribution in [1.29, 1.82) is 0 Å². The minimum atomic E-state index is -0.148. The minimum absolute atomic E-state index is 0.137. The Hall–Kier alpha value is -0.930. The Morgan fingerprint density at radius 1 is 1.45 bits per heavy atom. The maximum Gasteiger partial charge on any atom is 0.123 e. The normalized spacial score (nSPS) is 21.1. The Morgan fingerprint density at radius 3 is 2.90 bits per heavy atom. The van der Waals surface area contributed by atoms with E-state index in [4.69, 9.17) is 0 Å². The second kappa shape index (κ2) is 6.68. The number of rotatable bonds is 6. The number of nitrogens with one attached hydrogen (secondary N) is 2. The van der Waals surface area contributed by atoms with E-state index in [1.54, 1.807) is 12.1 Å². The first kappa shape index (κ1) is 15.5. The van der Waals surface area contributed by atoms with Crippen LogP contribution in [0.25, 0.3) is 0 Å². The van der Waals surface area contributed by atoms with Crippen molar-refractivity contribution in [1.82, 2.24) is 10.6 Å². The minimum Gasteiger partial charge on any atom is -0.316 e. The molecule has 0 unspecified atom stereocenters. The molecule has 20 heavy (non-hydrogen) atoms. The molecule has 3 heteroatoms. The topological polar surface area (TPSA) is 24.1 Å². The zero-order chi connectivity index (χ0) is 14.6. The fraction of sp³-hybridized carbons (Fsp3) is 0.647. The van der Waals surface area contributed by atoms with Gasteiger partial charge in [-0.05, 0) is 69.3 Å². The van der Waals surface area contributed by atoms with Crippen LogP contribution < -0.4 is 10.6 Å². The van der Waals surface area contributed by atoms with E-state index in [9.17, 15) is 4.39 Å². The Morgan fingerprint density at radius 2 is 2.25 bits per heavy atom. The van der Waals surface area contributed by atoms with E-state index in [1.807, 2.05) is 6.07 Å². The highest BCUT2D eigenvalue weighted by atomic mass is 19.1. The third-order valence-electron chi connectivity index (χ3n) is 4.27. The molecule has 0 radical (unpaired) electrons. The van der Waals surface area contributed by atoms with Gasteiger partial charge < -0.3 is 10.6 Å². The lowest BCUT2D eigenvalue weighted by molar-refractivity contribution is 0.302. The Balaban J connectivity index is 1.83. The van der Waals surface area contributed by atoms with Gasteiger partial charge in [0.1, 0.15) is 5.82 Å². The van der Waals surface area contributed by atoms with E-state index < -0.39 is 0 Å². The SMILES string of the molecule is C[C@@H](CNC(C)(C)C[C@@H]1CCNC1)c1cccc(F)c1. The lowest BCUT2D eigenvalue weighted by Crippen LogP contribution is -2.43. The molecule has 0 bridgehead atoms. The molecule has 1 fully saturated rings. The first-order chi connectivity index (χ1) is 9.46. The molecule has 0 spiro atoms. The molecule has 2 atom stereocenters. The third kappa shape index (κ3) is 4.57. The van der Waals surface area contributed by atoms with Gasteiger partial charge in [0, 0.05) is 12.1 Å². The summed E-state index contributed by atoms with van der Waals surface area (Å²) in [6, 6.07) is 6.93. The van der Waals surface area contributed by atoms with Crippen molar-refractivity contribution in [2.24, 2.45) is 5.92 Å². The molecule has 0 aromatic heterocycles. The summed E-state index contributed by atoms with van der Waals surface area (Å²) in [5.41, 5.74) is 1.20. The van der Waals surface area contributed by atoms with Gasteiger partial charge in [-0.15, -0.1) is 0 Å². The van der Waals surface area contributed by atoms with Crippen molar-refractivity contribution in [2.75, 3.05) is 19.6 Å². The van der Waals surface area contributed by atoms with Crippen molar-refractivity contribution in [3.05, 3.63) is 35.6 Å². The number of benzene rings is 1. The molecule has 2 N–H and O–H groups in total. The van der Waals surface area contributed by atoms with Crippen LogP contribution in [0.1, 0.15) is 45.1 Å². The fourth-order valence-electron chi connectivity index (χ4n) is 3.04. The summed E-state index contributed by atoms with van der Waals surface area (Å²) in [6.07, 6.45) is 2.47. The van der Waals surface area contributed by atoms with Crippen molar-refractivity contribution in [3.8, 4) is 0 Å². The van der Waals surface area contributed by atoms with E-state index in [2.05, 4.69) is 31.4 Å². The van der Waals surface area contributed by atoms with Crippen molar-refractivity contribution in [3.63, 3.8) is 0 Å². The molecule has 0 aliphatic carbocycles. The maximum absolute atomic E-state index is 13.2. The average Bonchev–Trinajstić information content (AvgIpc) is 2.88. The molecule has 1 aliphatic heterocycles. The zero-order valence-corrected chi connectivity index (χ0v) is 12.9. The predicted molar refractivity (Wildman–Crippen MR) is 82.5 cm³/mol. The highest BCUT2D eigenvalue weighted by Gasteiger charge is 2.25. The summed E-state index contributed by atoms with van der Waals surface area (Å²) < 4.78 is 13.2. The summed E-state index contributed by atoms with van der Waals surface area (Å²) in [5, 5.41) is 7.08. The van der Waals surface area contributed by atoms with Gasteiger partial charge in [0.25, 0.3) is 0 Å². The molecule has 2 nitrogen and oxygen atoms in total. The summed E-state index contributed by atoms with van der Waals surface area (Å²) in [6.45, 7) is 9.86. The second-order valence-electron chi connectivity index (χ2n) is 6.78. The molecule has 1 aromatic carbocycles. The first-order valence-electron chi connectivity index (χ1n) is 7.67. The van der Waals surface area contributed by atoms with E-state index in [-0.39, 0.29) is 11.4 Å². The van der Waals surface area contributed by atoms with Gasteiger partial charge in [-0.25, -0.2) is 4.39 Å². The summed E-state index contributed by atoms with van der Waals surface area (Å²) in [7, 11) is 0. The van der Waals surface area contributed by atoms with E-state index >= 15 is 0 Å². The predicted octanol–water partition coefficient (Wildman–Crippen LogP) is 3.30. The van der Waals surface area contributed by atoms with Crippen LogP contribution in [0, 0.1) is 11.7 Å². The third-order valence-corrected chi connectivity index (χ3v) is 4.27. The Bertz CT molecular complexity index is 425. The van der Waals surface area contributed by atoms with E-state index in [1.165, 1.54) is 18.9 Å². The van der Waals surface area contributed by atoms with Crippen LogP contribution in [0.15, 0.2) is 24.3 Å². The quantitative estimate of drug-likeness (QED) is 0.834. The average molecular weight is 278 g/mol. The lowest BCUT2D eigenvalue weighted by atomic mass is 9.89. The Kier molecular flexibility index (Phi) is 5.17. The molecule has 1 heterocycles. The van der Waals surface area contributed by atoms with Crippen molar-refractivity contribution in [2.45, 2.75) is 45.1 Å². The van der Waals surface area contributed by atoms with Crippen LogP contribution in [-0.4, -0.2) is 25.2 Å². The number of hydrogen-bond donors (Lipinski definition) is 2. The van der Waals surface area contributed by atoms with Crippen LogP contribution in [0.2, 0.25) is 0 Å². The van der Waals surface area contributed by atoms with Gasteiger partial charge in [-0.3, -0.25) is 0 Å². The highest BCUT2D eigenvalue weighted by Crippen LogP contribution is 2.23. The maximum atomic E-state index is 13.2. The Labute approximate surface area is 122 Å².